The van der Waals surface area contributed by atoms with E-state index in [9.17, 15) is 5.11 Å². The largest absolute Gasteiger partial charge is 0.493 e. The third-order valence-corrected chi connectivity index (χ3v) is 5.50. The summed E-state index contributed by atoms with van der Waals surface area (Å²) in [5, 5.41) is 9.83. The van der Waals surface area contributed by atoms with Crippen molar-refractivity contribution in [2.24, 2.45) is 0 Å². The molecule has 0 radical (unpaired) electrons. The van der Waals surface area contributed by atoms with Crippen molar-refractivity contribution in [3.63, 3.8) is 0 Å². The zero-order chi connectivity index (χ0) is 17.6. The molecular formula is C20H31NO4. The summed E-state index contributed by atoms with van der Waals surface area (Å²) in [6.07, 6.45) is 6.73. The quantitative estimate of drug-likeness (QED) is 0.820. The van der Waals surface area contributed by atoms with E-state index in [1.54, 1.807) is 14.2 Å². The highest BCUT2D eigenvalue weighted by atomic mass is 16.5. The average Bonchev–Trinajstić information content (AvgIpc) is 3.08. The molecule has 140 valence electrons. The smallest absolute Gasteiger partial charge is 0.160 e. The molecule has 25 heavy (non-hydrogen) atoms. The number of hydrogen-bond acceptors (Lipinski definition) is 5. The lowest BCUT2D eigenvalue weighted by Gasteiger charge is -2.37. The Morgan fingerprint density at radius 2 is 1.88 bits per heavy atom. The zero-order valence-corrected chi connectivity index (χ0v) is 15.4. The van der Waals surface area contributed by atoms with Gasteiger partial charge in [-0.25, -0.2) is 0 Å². The van der Waals surface area contributed by atoms with Gasteiger partial charge in [0.25, 0.3) is 0 Å². The fourth-order valence-corrected chi connectivity index (χ4v) is 4.12. The lowest BCUT2D eigenvalue weighted by Crippen LogP contribution is -2.46. The van der Waals surface area contributed by atoms with Crippen LogP contribution in [0.15, 0.2) is 18.2 Å². The Labute approximate surface area is 150 Å². The molecule has 1 heterocycles. The number of likely N-dealkylation sites (tertiary alicyclic amines) is 1. The van der Waals surface area contributed by atoms with E-state index >= 15 is 0 Å². The predicted molar refractivity (Wildman–Crippen MR) is 97.4 cm³/mol. The molecule has 1 aliphatic heterocycles. The Kier molecular flexibility index (Phi) is 6.57. The van der Waals surface area contributed by atoms with E-state index in [-0.39, 0.29) is 6.10 Å². The minimum atomic E-state index is -0.158. The predicted octanol–water partition coefficient (Wildman–Crippen LogP) is 2.64. The third-order valence-electron chi connectivity index (χ3n) is 5.50. The number of aliphatic hydroxyl groups is 1. The van der Waals surface area contributed by atoms with Crippen molar-refractivity contribution in [1.82, 2.24) is 4.90 Å². The lowest BCUT2D eigenvalue weighted by molar-refractivity contribution is -0.0316. The van der Waals surface area contributed by atoms with Crippen molar-refractivity contribution in [2.45, 2.75) is 56.8 Å². The van der Waals surface area contributed by atoms with Crippen LogP contribution in [-0.4, -0.2) is 62.2 Å². The second-order valence-electron chi connectivity index (χ2n) is 7.14. The Hall–Kier alpha value is -1.30. The van der Waals surface area contributed by atoms with Gasteiger partial charge in [-0.2, -0.15) is 0 Å². The lowest BCUT2D eigenvalue weighted by atomic mass is 9.91. The van der Waals surface area contributed by atoms with Gasteiger partial charge < -0.3 is 19.3 Å². The van der Waals surface area contributed by atoms with E-state index in [4.69, 9.17) is 14.2 Å². The van der Waals surface area contributed by atoms with E-state index in [1.165, 1.54) is 24.8 Å². The molecule has 2 fully saturated rings. The van der Waals surface area contributed by atoms with Crippen LogP contribution in [0.5, 0.6) is 11.5 Å². The molecule has 3 atom stereocenters. The van der Waals surface area contributed by atoms with E-state index in [0.29, 0.717) is 18.8 Å². The summed E-state index contributed by atoms with van der Waals surface area (Å²) in [6, 6.07) is 6.51. The SMILES string of the molecule is COc1ccc(CCO[C@@H]2CCCC[C@@H]2N2CC[C@H](O)C2)cc1OC. The maximum Gasteiger partial charge on any atom is 0.160 e. The van der Waals surface area contributed by atoms with E-state index in [0.717, 1.165) is 43.9 Å². The van der Waals surface area contributed by atoms with E-state index in [2.05, 4.69) is 11.0 Å². The summed E-state index contributed by atoms with van der Waals surface area (Å²) in [5.74, 6) is 1.52. The number of methoxy groups -OCH3 is 2. The standard InChI is InChI=1S/C20H31NO4/c1-23-19-8-7-15(13-20(19)24-2)10-12-25-18-6-4-3-5-17(18)21-11-9-16(22)14-21/h7-8,13,16-18,22H,3-6,9-12,14H2,1-2H3/t16-,17-,18+/m0/s1. The van der Waals surface area contributed by atoms with E-state index < -0.39 is 0 Å². The van der Waals surface area contributed by atoms with Gasteiger partial charge in [0, 0.05) is 19.1 Å². The molecule has 1 saturated carbocycles. The molecule has 0 amide bonds. The van der Waals surface area contributed by atoms with E-state index in [1.807, 2.05) is 12.1 Å². The van der Waals surface area contributed by atoms with Crippen LogP contribution in [0.4, 0.5) is 0 Å². The summed E-state index contributed by atoms with van der Waals surface area (Å²) in [4.78, 5) is 2.44. The van der Waals surface area contributed by atoms with Crippen molar-refractivity contribution in [3.8, 4) is 11.5 Å². The molecule has 5 nitrogen and oxygen atoms in total. The fraction of sp³-hybridized carbons (Fsp3) is 0.700. The number of aliphatic hydroxyl groups excluding tert-OH is 1. The molecule has 0 aromatic heterocycles. The van der Waals surface area contributed by atoms with Crippen LogP contribution in [0.3, 0.4) is 0 Å². The van der Waals surface area contributed by atoms with Crippen molar-refractivity contribution < 1.29 is 19.3 Å². The summed E-state index contributed by atoms with van der Waals surface area (Å²) in [6.45, 7) is 2.52. The number of benzene rings is 1. The molecule has 1 aromatic rings. The first kappa shape index (κ1) is 18.5. The Morgan fingerprint density at radius 3 is 2.60 bits per heavy atom. The van der Waals surface area contributed by atoms with Crippen LogP contribution in [0, 0.1) is 0 Å². The second kappa shape index (κ2) is 8.88. The molecule has 1 aromatic carbocycles. The first-order valence-corrected chi connectivity index (χ1v) is 9.46. The molecule has 5 heteroatoms. The number of nitrogens with zero attached hydrogens (tertiary/aromatic N) is 1. The first-order chi connectivity index (χ1) is 12.2. The van der Waals surface area contributed by atoms with Gasteiger partial charge in [-0.3, -0.25) is 4.90 Å². The number of β-amino-alcohol motifs (C(OH)–C–C–N with tert-alkyl or cyclic N) is 1. The highest BCUT2D eigenvalue weighted by molar-refractivity contribution is 5.42. The fourth-order valence-electron chi connectivity index (χ4n) is 4.12. The monoisotopic (exact) mass is 349 g/mol. The Bertz CT molecular complexity index is 550. The van der Waals surface area contributed by atoms with Crippen molar-refractivity contribution in [1.29, 1.82) is 0 Å². The minimum absolute atomic E-state index is 0.158. The minimum Gasteiger partial charge on any atom is -0.493 e. The molecule has 0 bridgehead atoms. The Balaban J connectivity index is 1.53. The van der Waals surface area contributed by atoms with Gasteiger partial charge in [0.15, 0.2) is 11.5 Å². The molecule has 2 aliphatic rings. The van der Waals surface area contributed by atoms with Crippen molar-refractivity contribution >= 4 is 0 Å². The number of rotatable bonds is 7. The summed E-state index contributed by atoms with van der Waals surface area (Å²) >= 11 is 0. The number of ether oxygens (including phenoxy) is 3. The molecule has 0 spiro atoms. The third kappa shape index (κ3) is 4.66. The van der Waals surface area contributed by atoms with Crippen LogP contribution >= 0.6 is 0 Å². The van der Waals surface area contributed by atoms with Gasteiger partial charge in [-0.05, 0) is 43.4 Å². The summed E-state index contributed by atoms with van der Waals surface area (Å²) in [7, 11) is 3.31. The van der Waals surface area contributed by atoms with Crippen LogP contribution in [0.25, 0.3) is 0 Å². The summed E-state index contributed by atoms with van der Waals surface area (Å²) in [5.41, 5.74) is 1.20. The molecule has 1 N–H and O–H groups in total. The van der Waals surface area contributed by atoms with Gasteiger partial charge in [-0.1, -0.05) is 18.9 Å². The summed E-state index contributed by atoms with van der Waals surface area (Å²) < 4.78 is 16.9. The number of hydrogen-bond donors (Lipinski definition) is 1. The molecular weight excluding hydrogens is 318 g/mol. The second-order valence-corrected chi connectivity index (χ2v) is 7.14. The molecule has 0 unspecified atom stereocenters. The van der Waals surface area contributed by atoms with Crippen molar-refractivity contribution in [2.75, 3.05) is 33.9 Å². The van der Waals surface area contributed by atoms with Gasteiger partial charge in [-0.15, -0.1) is 0 Å². The van der Waals surface area contributed by atoms with Gasteiger partial charge in [0.1, 0.15) is 0 Å². The van der Waals surface area contributed by atoms with Crippen LogP contribution in [-0.2, 0) is 11.2 Å². The van der Waals surface area contributed by atoms with Gasteiger partial charge >= 0.3 is 0 Å². The van der Waals surface area contributed by atoms with Crippen molar-refractivity contribution in [3.05, 3.63) is 23.8 Å². The first-order valence-electron chi connectivity index (χ1n) is 9.46. The van der Waals surface area contributed by atoms with Gasteiger partial charge in [0.2, 0.25) is 0 Å². The maximum absolute atomic E-state index is 9.83. The molecule has 3 rings (SSSR count). The molecule has 1 aliphatic carbocycles. The zero-order valence-electron chi connectivity index (χ0n) is 15.4. The van der Waals surface area contributed by atoms with Crippen LogP contribution < -0.4 is 9.47 Å². The maximum atomic E-state index is 9.83. The average molecular weight is 349 g/mol. The topological polar surface area (TPSA) is 51.2 Å². The van der Waals surface area contributed by atoms with Crippen LogP contribution in [0.1, 0.15) is 37.7 Å². The highest BCUT2D eigenvalue weighted by Crippen LogP contribution is 2.30. The van der Waals surface area contributed by atoms with Crippen LogP contribution in [0.2, 0.25) is 0 Å². The van der Waals surface area contributed by atoms with Gasteiger partial charge in [0.05, 0.1) is 33.0 Å². The Morgan fingerprint density at radius 1 is 1.08 bits per heavy atom. The molecule has 1 saturated heterocycles. The normalized spacial score (nSPS) is 27.4. The highest BCUT2D eigenvalue weighted by Gasteiger charge is 2.34.